The van der Waals surface area contributed by atoms with E-state index in [1.54, 1.807) is 30.0 Å². The van der Waals surface area contributed by atoms with E-state index in [0.717, 1.165) is 17.1 Å². The molecule has 3 nitrogen and oxygen atoms in total. The van der Waals surface area contributed by atoms with Crippen LogP contribution >= 0.6 is 35.0 Å². The van der Waals surface area contributed by atoms with Crippen LogP contribution in [0.2, 0.25) is 10.0 Å². The molecule has 0 unspecified atom stereocenters. The van der Waals surface area contributed by atoms with E-state index in [2.05, 4.69) is 5.32 Å². The molecule has 1 heterocycles. The van der Waals surface area contributed by atoms with Crippen molar-refractivity contribution in [1.82, 2.24) is 5.32 Å². The van der Waals surface area contributed by atoms with Gasteiger partial charge in [0.2, 0.25) is 0 Å². The highest BCUT2D eigenvalue weighted by atomic mass is 35.5. The monoisotopic (exact) mass is 333 g/mol. The first kappa shape index (κ1) is 16.0. The fourth-order valence-electron chi connectivity index (χ4n) is 2.20. The molecular formula is C14H17Cl2NO2S. The third-order valence-corrected chi connectivity index (χ3v) is 5.07. The predicted octanol–water partition coefficient (Wildman–Crippen LogP) is 3.43. The molecule has 0 spiro atoms. The average molecular weight is 334 g/mol. The van der Waals surface area contributed by atoms with Crippen molar-refractivity contribution in [3.8, 4) is 0 Å². The van der Waals surface area contributed by atoms with Crippen LogP contribution in [0.4, 0.5) is 0 Å². The Morgan fingerprint density at radius 2 is 2.05 bits per heavy atom. The fraction of sp³-hybridized carbons (Fsp3) is 0.500. The smallest absolute Gasteiger partial charge is 0.252 e. The number of halogens is 2. The molecule has 0 aromatic heterocycles. The number of hydrogen-bond donors (Lipinski definition) is 2. The zero-order valence-electron chi connectivity index (χ0n) is 11.2. The van der Waals surface area contributed by atoms with Crippen LogP contribution in [0, 0.1) is 0 Å². The minimum atomic E-state index is -1.25. The van der Waals surface area contributed by atoms with Crippen LogP contribution in [0.25, 0.3) is 0 Å². The minimum absolute atomic E-state index is 0.272. The number of carbonyl (C=O) groups is 1. The molecule has 1 aliphatic rings. The minimum Gasteiger partial charge on any atom is -0.380 e. The van der Waals surface area contributed by atoms with Gasteiger partial charge in [0.05, 0.1) is 6.04 Å². The number of rotatable bonds is 3. The molecule has 1 aromatic rings. The Hall–Kier alpha value is -0.420. The molecule has 2 rings (SSSR count). The van der Waals surface area contributed by atoms with Crippen LogP contribution in [-0.4, -0.2) is 28.1 Å². The summed E-state index contributed by atoms with van der Waals surface area (Å²) >= 11 is 13.7. The Balaban J connectivity index is 2.07. The largest absolute Gasteiger partial charge is 0.380 e. The molecule has 2 N–H and O–H groups in total. The Morgan fingerprint density at radius 1 is 1.40 bits per heavy atom. The number of thioether (sulfide) groups is 1. The van der Waals surface area contributed by atoms with Gasteiger partial charge in [0.1, 0.15) is 5.60 Å². The first-order valence-corrected chi connectivity index (χ1v) is 8.39. The second-order valence-corrected chi connectivity index (χ2v) is 7.07. The summed E-state index contributed by atoms with van der Waals surface area (Å²) < 4.78 is 0. The molecule has 1 amide bonds. The van der Waals surface area contributed by atoms with Crippen LogP contribution in [0.1, 0.15) is 31.4 Å². The van der Waals surface area contributed by atoms with Gasteiger partial charge < -0.3 is 10.4 Å². The van der Waals surface area contributed by atoms with Crippen molar-refractivity contribution in [3.63, 3.8) is 0 Å². The van der Waals surface area contributed by atoms with Crippen LogP contribution < -0.4 is 5.32 Å². The van der Waals surface area contributed by atoms with Crippen LogP contribution in [-0.2, 0) is 4.79 Å². The summed E-state index contributed by atoms with van der Waals surface area (Å²) in [6, 6.07) is 4.90. The van der Waals surface area contributed by atoms with Gasteiger partial charge in [-0.05, 0) is 49.0 Å². The van der Waals surface area contributed by atoms with Crippen molar-refractivity contribution >= 4 is 40.9 Å². The third-order valence-electron chi connectivity index (χ3n) is 3.52. The van der Waals surface area contributed by atoms with Crippen LogP contribution in [0.3, 0.4) is 0 Å². The van der Waals surface area contributed by atoms with Crippen molar-refractivity contribution < 1.29 is 9.90 Å². The number of hydrogen-bond acceptors (Lipinski definition) is 3. The highest BCUT2D eigenvalue weighted by Crippen LogP contribution is 2.30. The maximum atomic E-state index is 12.2. The number of benzene rings is 1. The highest BCUT2D eigenvalue weighted by molar-refractivity contribution is 7.99. The number of nitrogens with one attached hydrogen (secondary N) is 1. The molecule has 1 aromatic carbocycles. The third kappa shape index (κ3) is 3.61. The van der Waals surface area contributed by atoms with E-state index in [1.807, 2.05) is 6.92 Å². The van der Waals surface area contributed by atoms with Gasteiger partial charge in [0.15, 0.2) is 0 Å². The Morgan fingerprint density at radius 3 is 2.65 bits per heavy atom. The second kappa shape index (κ2) is 6.56. The molecular weight excluding hydrogens is 317 g/mol. The molecule has 1 atom stereocenters. The molecule has 1 aliphatic heterocycles. The average Bonchev–Trinajstić information content (AvgIpc) is 2.39. The van der Waals surface area contributed by atoms with E-state index in [4.69, 9.17) is 23.2 Å². The summed E-state index contributed by atoms with van der Waals surface area (Å²) in [4.78, 5) is 12.2. The van der Waals surface area contributed by atoms with E-state index in [0.29, 0.717) is 22.9 Å². The van der Waals surface area contributed by atoms with Crippen molar-refractivity contribution in [2.45, 2.75) is 31.4 Å². The lowest BCUT2D eigenvalue weighted by molar-refractivity contribution is -0.141. The molecule has 0 saturated carbocycles. The first-order valence-electron chi connectivity index (χ1n) is 6.48. The molecule has 20 heavy (non-hydrogen) atoms. The summed E-state index contributed by atoms with van der Waals surface area (Å²) in [6.45, 7) is 1.84. The topological polar surface area (TPSA) is 49.3 Å². The summed E-state index contributed by atoms with van der Waals surface area (Å²) in [7, 11) is 0. The molecule has 110 valence electrons. The van der Waals surface area contributed by atoms with Gasteiger partial charge in [-0.25, -0.2) is 0 Å². The van der Waals surface area contributed by atoms with Gasteiger partial charge in [-0.15, -0.1) is 0 Å². The zero-order valence-corrected chi connectivity index (χ0v) is 13.5. The number of amides is 1. The van der Waals surface area contributed by atoms with Gasteiger partial charge in [0, 0.05) is 10.0 Å². The zero-order chi connectivity index (χ0) is 14.8. The fourth-order valence-corrected chi connectivity index (χ4v) is 3.94. The highest BCUT2D eigenvalue weighted by Gasteiger charge is 2.38. The van der Waals surface area contributed by atoms with Gasteiger partial charge in [-0.1, -0.05) is 29.3 Å². The van der Waals surface area contributed by atoms with Crippen molar-refractivity contribution in [2.75, 3.05) is 11.5 Å². The maximum Gasteiger partial charge on any atom is 0.252 e. The quantitative estimate of drug-likeness (QED) is 0.890. The summed E-state index contributed by atoms with van der Waals surface area (Å²) in [6.07, 6.45) is 0.981. The Bertz CT molecular complexity index is 504. The van der Waals surface area contributed by atoms with Gasteiger partial charge in [-0.3, -0.25) is 4.79 Å². The van der Waals surface area contributed by atoms with Crippen LogP contribution in [0.15, 0.2) is 18.2 Å². The van der Waals surface area contributed by atoms with Crippen molar-refractivity contribution in [2.24, 2.45) is 0 Å². The summed E-state index contributed by atoms with van der Waals surface area (Å²) in [5.74, 6) is 1.29. The van der Waals surface area contributed by atoms with E-state index >= 15 is 0 Å². The van der Waals surface area contributed by atoms with E-state index in [1.165, 1.54) is 0 Å². The number of carbonyl (C=O) groups excluding carboxylic acids is 1. The standard InChI is InChI=1S/C14H17Cl2NO2S/c1-9(11-3-2-10(15)8-12(11)16)17-13(18)14(19)4-6-20-7-5-14/h2-3,8-9,19H,4-7H2,1H3,(H,17,18)/t9-/m1/s1. The van der Waals surface area contributed by atoms with Gasteiger partial charge in [-0.2, -0.15) is 11.8 Å². The van der Waals surface area contributed by atoms with Crippen molar-refractivity contribution in [3.05, 3.63) is 33.8 Å². The van der Waals surface area contributed by atoms with E-state index in [9.17, 15) is 9.90 Å². The molecule has 0 bridgehead atoms. The van der Waals surface area contributed by atoms with E-state index in [-0.39, 0.29) is 11.9 Å². The lowest BCUT2D eigenvalue weighted by Crippen LogP contribution is -2.49. The molecule has 1 saturated heterocycles. The van der Waals surface area contributed by atoms with Gasteiger partial charge in [0.25, 0.3) is 5.91 Å². The molecule has 0 radical (unpaired) electrons. The van der Waals surface area contributed by atoms with Crippen LogP contribution in [0.5, 0.6) is 0 Å². The SMILES string of the molecule is C[C@@H](NC(=O)C1(O)CCSCC1)c1ccc(Cl)cc1Cl. The lowest BCUT2D eigenvalue weighted by atomic mass is 9.95. The Labute approximate surface area is 133 Å². The maximum absolute atomic E-state index is 12.2. The van der Waals surface area contributed by atoms with E-state index < -0.39 is 5.60 Å². The number of aliphatic hydroxyl groups is 1. The summed E-state index contributed by atoms with van der Waals surface area (Å²) in [5.41, 5.74) is -0.462. The molecule has 6 heteroatoms. The first-order chi connectivity index (χ1) is 9.42. The predicted molar refractivity (Wildman–Crippen MR) is 84.5 cm³/mol. The summed E-state index contributed by atoms with van der Waals surface area (Å²) in [5, 5.41) is 14.3. The normalized spacial score (nSPS) is 19.4. The second-order valence-electron chi connectivity index (χ2n) is 5.00. The lowest BCUT2D eigenvalue weighted by Gasteiger charge is -2.31. The molecule has 1 fully saturated rings. The Kier molecular flexibility index (Phi) is 5.24. The van der Waals surface area contributed by atoms with Crippen molar-refractivity contribution in [1.29, 1.82) is 0 Å². The van der Waals surface area contributed by atoms with Gasteiger partial charge >= 0.3 is 0 Å². The molecule has 0 aliphatic carbocycles.